The lowest BCUT2D eigenvalue weighted by atomic mass is 9.88. The molecule has 1 aromatic heterocycles. The topological polar surface area (TPSA) is 99.6 Å². The van der Waals surface area contributed by atoms with E-state index in [2.05, 4.69) is 5.10 Å². The molecule has 188 valence electrons. The molecule has 1 heterocycles. The normalized spacial score (nSPS) is 14.3. The van der Waals surface area contributed by atoms with Gasteiger partial charge in [-0.1, -0.05) is 61.2 Å². The van der Waals surface area contributed by atoms with Crippen LogP contribution in [0.4, 0.5) is 5.69 Å². The fraction of sp³-hybridized carbons (Fsp3) is 0.250. The zero-order valence-corrected chi connectivity index (χ0v) is 20.8. The molecule has 0 spiro atoms. The number of benzene rings is 3. The van der Waals surface area contributed by atoms with Crippen molar-refractivity contribution in [1.29, 1.82) is 0 Å². The quantitative estimate of drug-likeness (QED) is 0.159. The van der Waals surface area contributed by atoms with Crippen molar-refractivity contribution in [2.45, 2.75) is 44.6 Å². The number of hydrogen-bond donors (Lipinski definition) is 0. The summed E-state index contributed by atoms with van der Waals surface area (Å²) < 4.78 is 7.07. The van der Waals surface area contributed by atoms with Crippen LogP contribution in [0.1, 0.15) is 55.0 Å². The van der Waals surface area contributed by atoms with Crippen LogP contribution in [0.3, 0.4) is 0 Å². The van der Waals surface area contributed by atoms with Crippen LogP contribution in [-0.4, -0.2) is 20.8 Å². The molecule has 0 aliphatic heterocycles. The molecule has 5 rings (SSSR count). The molecule has 1 saturated carbocycles. The summed E-state index contributed by atoms with van der Waals surface area (Å²) in [6, 6.07) is 19.0. The van der Waals surface area contributed by atoms with E-state index >= 15 is 0 Å². The van der Waals surface area contributed by atoms with Gasteiger partial charge in [0.25, 0.3) is 5.56 Å². The van der Waals surface area contributed by atoms with E-state index in [-0.39, 0.29) is 29.5 Å². The molecule has 8 nitrogen and oxygen atoms in total. The predicted molar refractivity (Wildman–Crippen MR) is 144 cm³/mol. The number of fused-ring (bicyclic) bond motifs is 1. The molecular weight excluding hydrogens is 492 g/mol. The van der Waals surface area contributed by atoms with Gasteiger partial charge in [0.1, 0.15) is 12.4 Å². The van der Waals surface area contributed by atoms with Gasteiger partial charge in [0.15, 0.2) is 5.75 Å². The lowest BCUT2D eigenvalue weighted by Crippen LogP contribution is -2.25. The van der Waals surface area contributed by atoms with Gasteiger partial charge in [0.05, 0.1) is 22.0 Å². The number of aromatic nitrogens is 2. The van der Waals surface area contributed by atoms with E-state index < -0.39 is 4.92 Å². The molecule has 1 fully saturated rings. The Morgan fingerprint density at radius 1 is 1.08 bits per heavy atom. The van der Waals surface area contributed by atoms with Crippen molar-refractivity contribution in [2.24, 2.45) is 5.10 Å². The highest BCUT2D eigenvalue weighted by Crippen LogP contribution is 2.32. The van der Waals surface area contributed by atoms with Crippen molar-refractivity contribution < 1.29 is 9.66 Å². The molecule has 9 heteroatoms. The van der Waals surface area contributed by atoms with Gasteiger partial charge < -0.3 is 4.74 Å². The van der Waals surface area contributed by atoms with E-state index in [4.69, 9.17) is 21.3 Å². The Labute approximate surface area is 218 Å². The molecule has 0 saturated heterocycles. The second kappa shape index (κ2) is 10.9. The Hall–Kier alpha value is -4.04. The van der Waals surface area contributed by atoms with Crippen LogP contribution >= 0.6 is 11.6 Å². The third-order valence-corrected chi connectivity index (χ3v) is 6.96. The van der Waals surface area contributed by atoms with Gasteiger partial charge in [-0.15, -0.1) is 0 Å². The molecule has 0 radical (unpaired) electrons. The van der Waals surface area contributed by atoms with E-state index in [1.807, 2.05) is 18.2 Å². The average Bonchev–Trinajstić information content (AvgIpc) is 2.92. The minimum atomic E-state index is -0.503. The molecule has 1 aliphatic rings. The fourth-order valence-corrected chi connectivity index (χ4v) is 4.84. The SMILES string of the molecule is O=c1c2ccccc2nc(C2CCCCC2)n1N=Cc1ccc(OCc2ccccc2Cl)c([N+](=O)[O-])c1. The number of hydrogen-bond acceptors (Lipinski definition) is 6. The molecule has 0 bridgehead atoms. The molecule has 0 amide bonds. The zero-order chi connectivity index (χ0) is 25.8. The number of halogens is 1. The summed E-state index contributed by atoms with van der Waals surface area (Å²) in [5, 5.41) is 17.3. The summed E-state index contributed by atoms with van der Waals surface area (Å²) >= 11 is 6.17. The first-order chi connectivity index (χ1) is 18.0. The smallest absolute Gasteiger partial charge is 0.311 e. The third kappa shape index (κ3) is 5.39. The summed E-state index contributed by atoms with van der Waals surface area (Å²) in [6.07, 6.45) is 6.69. The van der Waals surface area contributed by atoms with Crippen molar-refractivity contribution in [2.75, 3.05) is 0 Å². The highest BCUT2D eigenvalue weighted by atomic mass is 35.5. The van der Waals surface area contributed by atoms with Crippen molar-refractivity contribution in [3.8, 4) is 5.75 Å². The maximum absolute atomic E-state index is 13.4. The van der Waals surface area contributed by atoms with Crippen LogP contribution in [0.25, 0.3) is 10.9 Å². The first-order valence-corrected chi connectivity index (χ1v) is 12.6. The Bertz CT molecular complexity index is 1540. The van der Waals surface area contributed by atoms with E-state index in [1.54, 1.807) is 36.4 Å². The molecule has 0 unspecified atom stereocenters. The van der Waals surface area contributed by atoms with Crippen LogP contribution in [-0.2, 0) is 6.61 Å². The Kier molecular flexibility index (Phi) is 7.28. The summed E-state index contributed by atoms with van der Waals surface area (Å²) in [5.41, 5.74) is 1.38. The Morgan fingerprint density at radius 3 is 2.62 bits per heavy atom. The molecule has 0 atom stereocenters. The van der Waals surface area contributed by atoms with Gasteiger partial charge in [-0.05, 0) is 43.2 Å². The summed E-state index contributed by atoms with van der Waals surface area (Å²) in [6.45, 7) is 0.0941. The van der Waals surface area contributed by atoms with Gasteiger partial charge in [-0.25, -0.2) is 4.98 Å². The van der Waals surface area contributed by atoms with Gasteiger partial charge in [-0.3, -0.25) is 14.9 Å². The number of para-hydroxylation sites is 1. The Morgan fingerprint density at radius 2 is 1.84 bits per heavy atom. The van der Waals surface area contributed by atoms with Crippen LogP contribution < -0.4 is 10.3 Å². The second-order valence-electron chi connectivity index (χ2n) is 9.05. The summed E-state index contributed by atoms with van der Waals surface area (Å²) in [7, 11) is 0. The number of rotatable bonds is 7. The second-order valence-corrected chi connectivity index (χ2v) is 9.46. The number of ether oxygens (including phenoxy) is 1. The molecule has 0 N–H and O–H groups in total. The first-order valence-electron chi connectivity index (χ1n) is 12.2. The highest BCUT2D eigenvalue weighted by Gasteiger charge is 2.22. The van der Waals surface area contributed by atoms with Crippen molar-refractivity contribution in [3.63, 3.8) is 0 Å². The van der Waals surface area contributed by atoms with E-state index in [1.165, 1.54) is 29.4 Å². The minimum absolute atomic E-state index is 0.0941. The van der Waals surface area contributed by atoms with Crippen LogP contribution in [0.5, 0.6) is 5.75 Å². The molecule has 3 aromatic carbocycles. The van der Waals surface area contributed by atoms with Gasteiger partial charge >= 0.3 is 5.69 Å². The summed E-state index contributed by atoms with van der Waals surface area (Å²) in [4.78, 5) is 29.4. The lowest BCUT2D eigenvalue weighted by molar-refractivity contribution is -0.385. The average molecular weight is 517 g/mol. The van der Waals surface area contributed by atoms with Gasteiger partial charge in [-0.2, -0.15) is 9.78 Å². The zero-order valence-electron chi connectivity index (χ0n) is 20.0. The van der Waals surface area contributed by atoms with E-state index in [9.17, 15) is 14.9 Å². The maximum Gasteiger partial charge on any atom is 0.311 e. The van der Waals surface area contributed by atoms with Crippen LogP contribution in [0, 0.1) is 10.1 Å². The monoisotopic (exact) mass is 516 g/mol. The van der Waals surface area contributed by atoms with Crippen molar-refractivity contribution in [1.82, 2.24) is 9.66 Å². The predicted octanol–water partition coefficient (Wildman–Crippen LogP) is 6.47. The molecular formula is C28H25ClN4O4. The van der Waals surface area contributed by atoms with E-state index in [0.717, 1.165) is 31.2 Å². The van der Waals surface area contributed by atoms with Crippen molar-refractivity contribution in [3.05, 3.63) is 109 Å². The standard InChI is InChI=1S/C28H25ClN4O4/c29-23-12-6-4-10-21(23)18-37-26-15-14-19(16-25(26)33(35)36)17-30-32-27(20-8-2-1-3-9-20)31-24-13-7-5-11-22(24)28(32)34/h4-7,10-17,20H,1-3,8-9,18H2. The maximum atomic E-state index is 13.4. The van der Waals surface area contributed by atoms with E-state index in [0.29, 0.717) is 27.3 Å². The minimum Gasteiger partial charge on any atom is -0.482 e. The summed E-state index contributed by atoms with van der Waals surface area (Å²) in [5.74, 6) is 0.890. The Balaban J connectivity index is 1.48. The fourth-order valence-electron chi connectivity index (χ4n) is 4.65. The molecule has 37 heavy (non-hydrogen) atoms. The molecule has 1 aliphatic carbocycles. The highest BCUT2D eigenvalue weighted by molar-refractivity contribution is 6.31. The van der Waals surface area contributed by atoms with Crippen LogP contribution in [0.2, 0.25) is 5.02 Å². The number of nitro benzene ring substituents is 1. The van der Waals surface area contributed by atoms with Gasteiger partial charge in [0, 0.05) is 28.1 Å². The molecule has 4 aromatic rings. The van der Waals surface area contributed by atoms with Crippen LogP contribution in [0.15, 0.2) is 76.6 Å². The van der Waals surface area contributed by atoms with Gasteiger partial charge in [0.2, 0.25) is 0 Å². The largest absolute Gasteiger partial charge is 0.482 e. The van der Waals surface area contributed by atoms with Crippen molar-refractivity contribution >= 4 is 34.4 Å². The third-order valence-electron chi connectivity index (χ3n) is 6.59. The number of nitro groups is 1. The lowest BCUT2D eigenvalue weighted by Gasteiger charge is -2.22. The number of nitrogens with zero attached hydrogens (tertiary/aromatic N) is 4. The first kappa shape index (κ1) is 24.6.